The van der Waals surface area contributed by atoms with Crippen molar-refractivity contribution in [3.8, 4) is 23.0 Å². The molecule has 0 radical (unpaired) electrons. The number of hydrogen-bond donors (Lipinski definition) is 3. The van der Waals surface area contributed by atoms with Gasteiger partial charge in [-0.2, -0.15) is 0 Å². The van der Waals surface area contributed by atoms with Gasteiger partial charge in [-0.15, -0.1) is 24.0 Å². The third-order valence-corrected chi connectivity index (χ3v) is 3.96. The van der Waals surface area contributed by atoms with Crippen LogP contribution in [-0.4, -0.2) is 38.9 Å². The zero-order valence-corrected chi connectivity index (χ0v) is 19.2. The maximum absolute atomic E-state index is 13.5. The van der Waals surface area contributed by atoms with E-state index in [-0.39, 0.29) is 29.7 Å². The van der Waals surface area contributed by atoms with E-state index in [1.807, 2.05) is 19.1 Å². The van der Waals surface area contributed by atoms with Crippen LogP contribution < -0.4 is 24.8 Å². The lowest BCUT2D eigenvalue weighted by Gasteiger charge is -2.14. The first-order valence-corrected chi connectivity index (χ1v) is 8.80. The molecule has 0 fully saturated rings. The second-order valence-corrected chi connectivity index (χ2v) is 5.87. The van der Waals surface area contributed by atoms with E-state index in [4.69, 9.17) is 14.2 Å². The van der Waals surface area contributed by atoms with E-state index in [1.54, 1.807) is 27.4 Å². The smallest absolute Gasteiger partial charge is 0.203 e. The molecule has 0 aliphatic rings. The van der Waals surface area contributed by atoms with Gasteiger partial charge in [0, 0.05) is 13.1 Å². The highest BCUT2D eigenvalue weighted by molar-refractivity contribution is 14.0. The summed E-state index contributed by atoms with van der Waals surface area (Å²) in [6, 6.07) is 7.93. The van der Waals surface area contributed by atoms with Crippen LogP contribution in [-0.2, 0) is 13.1 Å². The van der Waals surface area contributed by atoms with Crippen molar-refractivity contribution in [2.75, 3.05) is 27.9 Å². The van der Waals surface area contributed by atoms with Gasteiger partial charge in [-0.05, 0) is 42.3 Å². The minimum Gasteiger partial charge on any atom is -0.505 e. The van der Waals surface area contributed by atoms with Gasteiger partial charge < -0.3 is 30.0 Å². The molecule has 2 aromatic carbocycles. The number of rotatable bonds is 8. The summed E-state index contributed by atoms with van der Waals surface area (Å²) in [6.07, 6.45) is 0. The number of phenols is 1. The molecular weight excluding hydrogens is 492 g/mol. The van der Waals surface area contributed by atoms with Gasteiger partial charge in [0.25, 0.3) is 0 Å². The van der Waals surface area contributed by atoms with Crippen molar-refractivity contribution < 1.29 is 23.7 Å². The number of benzene rings is 2. The molecule has 0 amide bonds. The Morgan fingerprint density at radius 3 is 2.17 bits per heavy atom. The van der Waals surface area contributed by atoms with E-state index in [0.29, 0.717) is 48.4 Å². The third-order valence-electron chi connectivity index (χ3n) is 3.96. The van der Waals surface area contributed by atoms with Crippen LogP contribution in [0.4, 0.5) is 4.39 Å². The minimum atomic E-state index is -0.654. The summed E-state index contributed by atoms with van der Waals surface area (Å²) in [5, 5.41) is 15.6. The van der Waals surface area contributed by atoms with E-state index in [9.17, 15) is 9.50 Å². The topological polar surface area (TPSA) is 84.3 Å². The Morgan fingerprint density at radius 2 is 1.66 bits per heavy atom. The number of methoxy groups -OCH3 is 3. The zero-order valence-electron chi connectivity index (χ0n) is 16.9. The molecule has 0 saturated carbocycles. The lowest BCUT2D eigenvalue weighted by Crippen LogP contribution is -2.36. The molecule has 0 aliphatic carbocycles. The van der Waals surface area contributed by atoms with Gasteiger partial charge in [-0.3, -0.25) is 0 Å². The maximum atomic E-state index is 13.5. The normalized spacial score (nSPS) is 10.7. The van der Waals surface area contributed by atoms with Gasteiger partial charge in [0.1, 0.15) is 0 Å². The van der Waals surface area contributed by atoms with Gasteiger partial charge >= 0.3 is 0 Å². The first-order valence-electron chi connectivity index (χ1n) is 8.80. The number of hydrogen-bond acceptors (Lipinski definition) is 5. The molecule has 9 heteroatoms. The Balaban J connectivity index is 0.00000420. The van der Waals surface area contributed by atoms with E-state index in [2.05, 4.69) is 15.6 Å². The summed E-state index contributed by atoms with van der Waals surface area (Å²) in [4.78, 5) is 4.54. The third kappa shape index (κ3) is 6.84. The zero-order chi connectivity index (χ0) is 20.5. The van der Waals surface area contributed by atoms with Crippen LogP contribution in [0.3, 0.4) is 0 Å². The number of ether oxygens (including phenoxy) is 3. The van der Waals surface area contributed by atoms with Crippen LogP contribution in [0.2, 0.25) is 0 Å². The molecule has 0 heterocycles. The van der Waals surface area contributed by atoms with Crippen LogP contribution in [0.25, 0.3) is 0 Å². The lowest BCUT2D eigenvalue weighted by molar-refractivity contribution is 0.324. The molecule has 0 bridgehead atoms. The molecule has 160 valence electrons. The van der Waals surface area contributed by atoms with Crippen molar-refractivity contribution >= 4 is 29.9 Å². The fourth-order valence-corrected chi connectivity index (χ4v) is 2.58. The summed E-state index contributed by atoms with van der Waals surface area (Å²) in [5.41, 5.74) is 1.57. The van der Waals surface area contributed by atoms with Crippen LogP contribution >= 0.6 is 24.0 Å². The first-order chi connectivity index (χ1) is 13.5. The largest absolute Gasteiger partial charge is 0.505 e. The number of phenolic OH excluding ortho intramolecular Hbond substituents is 1. The second-order valence-electron chi connectivity index (χ2n) is 5.87. The van der Waals surface area contributed by atoms with Crippen LogP contribution in [0.1, 0.15) is 18.1 Å². The van der Waals surface area contributed by atoms with Crippen molar-refractivity contribution in [1.82, 2.24) is 10.6 Å². The highest BCUT2D eigenvalue weighted by Crippen LogP contribution is 2.38. The number of guanidine groups is 1. The van der Waals surface area contributed by atoms with E-state index >= 15 is 0 Å². The quantitative estimate of drug-likeness (QED) is 0.282. The average Bonchev–Trinajstić information content (AvgIpc) is 2.71. The minimum absolute atomic E-state index is 0. The second kappa shape index (κ2) is 12.2. The molecule has 0 unspecified atom stereocenters. The molecule has 29 heavy (non-hydrogen) atoms. The maximum Gasteiger partial charge on any atom is 0.203 e. The Hall–Kier alpha value is -2.43. The fraction of sp³-hybridized carbons (Fsp3) is 0.350. The molecule has 0 aromatic heterocycles. The summed E-state index contributed by atoms with van der Waals surface area (Å²) < 4.78 is 29.5. The van der Waals surface area contributed by atoms with Crippen LogP contribution in [0.15, 0.2) is 35.3 Å². The molecule has 2 rings (SSSR count). The summed E-state index contributed by atoms with van der Waals surface area (Å²) in [6.45, 7) is 3.36. The van der Waals surface area contributed by atoms with Gasteiger partial charge in [-0.25, -0.2) is 9.38 Å². The molecule has 0 atom stereocenters. The lowest BCUT2D eigenvalue weighted by atomic mass is 10.2. The number of nitrogens with one attached hydrogen (secondary N) is 2. The summed E-state index contributed by atoms with van der Waals surface area (Å²) in [5.74, 6) is 1.20. The van der Waals surface area contributed by atoms with Crippen molar-refractivity contribution in [2.24, 2.45) is 4.99 Å². The summed E-state index contributed by atoms with van der Waals surface area (Å²) >= 11 is 0. The Kier molecular flexibility index (Phi) is 10.4. The van der Waals surface area contributed by atoms with Gasteiger partial charge in [0.15, 0.2) is 29.0 Å². The highest BCUT2D eigenvalue weighted by Gasteiger charge is 2.13. The SMILES string of the molecule is CCNC(=NCc1cc(OC)c(OC)c(OC)c1)NCc1ccc(O)c(F)c1.I. The number of aliphatic imine (C=N–C) groups is 1. The van der Waals surface area contributed by atoms with Crippen LogP contribution in [0, 0.1) is 5.82 Å². The fourth-order valence-electron chi connectivity index (χ4n) is 2.58. The highest BCUT2D eigenvalue weighted by atomic mass is 127. The summed E-state index contributed by atoms with van der Waals surface area (Å²) in [7, 11) is 4.68. The van der Waals surface area contributed by atoms with Gasteiger partial charge in [0.2, 0.25) is 5.75 Å². The van der Waals surface area contributed by atoms with E-state index in [1.165, 1.54) is 12.1 Å². The number of aromatic hydroxyl groups is 1. The predicted octanol–water partition coefficient (Wildman–Crippen LogP) is 3.43. The van der Waals surface area contributed by atoms with Crippen LogP contribution in [0.5, 0.6) is 23.0 Å². The van der Waals surface area contributed by atoms with Crippen molar-refractivity contribution in [3.63, 3.8) is 0 Å². The molecular formula is C20H27FIN3O4. The first kappa shape index (κ1) is 24.6. The number of halogens is 2. The molecule has 7 nitrogen and oxygen atoms in total. The van der Waals surface area contributed by atoms with Crippen molar-refractivity contribution in [1.29, 1.82) is 0 Å². The Labute approximate surface area is 187 Å². The molecule has 3 N–H and O–H groups in total. The Morgan fingerprint density at radius 1 is 1.00 bits per heavy atom. The average molecular weight is 519 g/mol. The monoisotopic (exact) mass is 519 g/mol. The molecule has 2 aromatic rings. The van der Waals surface area contributed by atoms with Crippen molar-refractivity contribution in [2.45, 2.75) is 20.0 Å². The molecule has 0 saturated heterocycles. The van der Waals surface area contributed by atoms with E-state index in [0.717, 1.165) is 5.56 Å². The molecule has 0 spiro atoms. The Bertz CT molecular complexity index is 808. The van der Waals surface area contributed by atoms with E-state index < -0.39 is 5.82 Å². The van der Waals surface area contributed by atoms with Gasteiger partial charge in [-0.1, -0.05) is 6.07 Å². The standard InChI is InChI=1S/C20H26FN3O4.HI/c1-5-22-20(23-11-13-6-7-16(25)15(21)8-13)24-12-14-9-17(26-2)19(28-4)18(10-14)27-3;/h6-10,25H,5,11-12H2,1-4H3,(H2,22,23,24);1H. The molecule has 0 aliphatic heterocycles. The van der Waals surface area contributed by atoms with Crippen molar-refractivity contribution in [3.05, 3.63) is 47.3 Å². The number of nitrogens with zero attached hydrogens (tertiary/aromatic N) is 1. The predicted molar refractivity (Wildman–Crippen MR) is 121 cm³/mol. The van der Waals surface area contributed by atoms with Gasteiger partial charge in [0.05, 0.1) is 27.9 Å².